The van der Waals surface area contributed by atoms with Crippen molar-refractivity contribution in [3.8, 4) is 11.5 Å². The topological polar surface area (TPSA) is 60.5 Å². The first-order valence-corrected chi connectivity index (χ1v) is 7.79. The van der Waals surface area contributed by atoms with Crippen molar-refractivity contribution in [2.45, 2.75) is 19.1 Å². The number of nitrogens with zero attached hydrogens (tertiary/aromatic N) is 1. The molecule has 0 bridgehead atoms. The Morgan fingerprint density at radius 2 is 1.75 bits per heavy atom. The molecule has 1 aromatic heterocycles. The van der Waals surface area contributed by atoms with Gasteiger partial charge in [-0.15, -0.1) is 0 Å². The van der Waals surface area contributed by atoms with Crippen LogP contribution in [0.15, 0.2) is 60.8 Å². The lowest BCUT2D eigenvalue weighted by Crippen LogP contribution is -2.46. The Bertz CT molecular complexity index is 910. The monoisotopic (exact) mass is 320 g/mol. The molecular formula is C19H16N2O3. The smallest absolute Gasteiger partial charge is 0.269 e. The summed E-state index contributed by atoms with van der Waals surface area (Å²) in [6.45, 7) is 1.82. The summed E-state index contributed by atoms with van der Waals surface area (Å²) in [5.74, 6) is 0.975. The van der Waals surface area contributed by atoms with Gasteiger partial charge in [0.15, 0.2) is 11.5 Å². The Balaban J connectivity index is 1.55. The Kier molecular flexibility index (Phi) is 3.54. The standard InChI is InChI=1S/C19H16N2O3/c1-12-18(24-17-9-5-4-8-16(17)23-12)19(22)21-14-10-13-6-2-3-7-15(13)20-11-14/h2-12,18H,1H3,(H,21,22)/t12-,18+/m1/s1. The van der Waals surface area contributed by atoms with Crippen molar-refractivity contribution in [3.05, 3.63) is 60.8 Å². The number of ether oxygens (including phenoxy) is 2. The van der Waals surface area contributed by atoms with E-state index in [1.54, 1.807) is 12.3 Å². The molecule has 0 spiro atoms. The van der Waals surface area contributed by atoms with E-state index in [4.69, 9.17) is 9.47 Å². The van der Waals surface area contributed by atoms with Gasteiger partial charge in [-0.2, -0.15) is 0 Å². The lowest BCUT2D eigenvalue weighted by Gasteiger charge is -2.30. The number of amides is 1. The maximum Gasteiger partial charge on any atom is 0.269 e. The van der Waals surface area contributed by atoms with Crippen molar-refractivity contribution in [2.75, 3.05) is 5.32 Å². The average Bonchev–Trinajstić information content (AvgIpc) is 2.61. The Hall–Kier alpha value is -3.08. The second-order valence-corrected chi connectivity index (χ2v) is 5.71. The van der Waals surface area contributed by atoms with E-state index in [-0.39, 0.29) is 12.0 Å². The van der Waals surface area contributed by atoms with E-state index in [2.05, 4.69) is 10.3 Å². The summed E-state index contributed by atoms with van der Waals surface area (Å²) in [5, 5.41) is 3.83. The predicted molar refractivity (Wildman–Crippen MR) is 91.3 cm³/mol. The molecule has 2 heterocycles. The molecule has 2 aromatic carbocycles. The Morgan fingerprint density at radius 1 is 1.04 bits per heavy atom. The van der Waals surface area contributed by atoms with Crippen LogP contribution in [0.5, 0.6) is 11.5 Å². The van der Waals surface area contributed by atoms with E-state index in [0.717, 1.165) is 10.9 Å². The number of carbonyl (C=O) groups excluding carboxylic acids is 1. The number of hydrogen-bond acceptors (Lipinski definition) is 4. The van der Waals surface area contributed by atoms with Gasteiger partial charge in [0.1, 0.15) is 6.10 Å². The van der Waals surface area contributed by atoms with Gasteiger partial charge in [-0.1, -0.05) is 30.3 Å². The van der Waals surface area contributed by atoms with Crippen molar-refractivity contribution in [1.29, 1.82) is 0 Å². The summed E-state index contributed by atoms with van der Waals surface area (Å²) in [5.41, 5.74) is 1.52. The second-order valence-electron chi connectivity index (χ2n) is 5.71. The SMILES string of the molecule is C[C@H]1Oc2ccccc2O[C@@H]1C(=O)Nc1cnc2ccccc2c1. The van der Waals surface area contributed by atoms with Gasteiger partial charge in [-0.3, -0.25) is 9.78 Å². The van der Waals surface area contributed by atoms with Gasteiger partial charge in [-0.25, -0.2) is 0 Å². The summed E-state index contributed by atoms with van der Waals surface area (Å²) in [6.07, 6.45) is 0.544. The van der Waals surface area contributed by atoms with Gasteiger partial charge in [-0.05, 0) is 31.2 Å². The fraction of sp³-hybridized carbons (Fsp3) is 0.158. The summed E-state index contributed by atoms with van der Waals surface area (Å²) < 4.78 is 11.6. The molecule has 1 aliphatic heterocycles. The fourth-order valence-corrected chi connectivity index (χ4v) is 2.76. The van der Waals surface area contributed by atoms with Crippen LogP contribution in [0.3, 0.4) is 0 Å². The van der Waals surface area contributed by atoms with Gasteiger partial charge in [0.25, 0.3) is 5.91 Å². The number of nitrogens with one attached hydrogen (secondary N) is 1. The first-order chi connectivity index (χ1) is 11.7. The lowest BCUT2D eigenvalue weighted by atomic mass is 10.1. The molecule has 0 saturated carbocycles. The highest BCUT2D eigenvalue weighted by Gasteiger charge is 2.34. The number of benzene rings is 2. The first-order valence-electron chi connectivity index (χ1n) is 7.79. The van der Waals surface area contributed by atoms with Crippen molar-refractivity contribution in [1.82, 2.24) is 4.98 Å². The lowest BCUT2D eigenvalue weighted by molar-refractivity contribution is -0.128. The fourth-order valence-electron chi connectivity index (χ4n) is 2.76. The third kappa shape index (κ3) is 2.65. The van der Waals surface area contributed by atoms with Crippen LogP contribution in [0.2, 0.25) is 0 Å². The molecule has 1 N–H and O–H groups in total. The second kappa shape index (κ2) is 5.85. The van der Waals surface area contributed by atoms with Crippen molar-refractivity contribution >= 4 is 22.5 Å². The highest BCUT2D eigenvalue weighted by Crippen LogP contribution is 2.33. The molecule has 0 aliphatic carbocycles. The molecule has 0 unspecified atom stereocenters. The van der Waals surface area contributed by atoms with Gasteiger partial charge >= 0.3 is 0 Å². The summed E-state index contributed by atoms with van der Waals surface area (Å²) in [7, 11) is 0. The summed E-state index contributed by atoms with van der Waals surface area (Å²) in [6, 6.07) is 17.0. The minimum Gasteiger partial charge on any atom is -0.482 e. The van der Waals surface area contributed by atoms with Crippen molar-refractivity contribution in [3.63, 3.8) is 0 Å². The average molecular weight is 320 g/mol. The van der Waals surface area contributed by atoms with Crippen molar-refractivity contribution in [2.24, 2.45) is 0 Å². The zero-order chi connectivity index (χ0) is 16.5. The van der Waals surface area contributed by atoms with Crippen molar-refractivity contribution < 1.29 is 14.3 Å². The largest absolute Gasteiger partial charge is 0.482 e. The van der Waals surface area contributed by atoms with Gasteiger partial charge < -0.3 is 14.8 Å². The number of fused-ring (bicyclic) bond motifs is 2. The highest BCUT2D eigenvalue weighted by atomic mass is 16.6. The zero-order valence-corrected chi connectivity index (χ0v) is 13.1. The number of pyridine rings is 1. The molecule has 0 saturated heterocycles. The van der Waals surface area contributed by atoms with E-state index in [9.17, 15) is 4.79 Å². The van der Waals surface area contributed by atoms with Crippen LogP contribution in [-0.4, -0.2) is 23.1 Å². The molecule has 2 atom stereocenters. The minimum absolute atomic E-state index is 0.255. The number of hydrogen-bond donors (Lipinski definition) is 1. The number of rotatable bonds is 2. The van der Waals surface area contributed by atoms with Crippen LogP contribution in [0.1, 0.15) is 6.92 Å². The highest BCUT2D eigenvalue weighted by molar-refractivity contribution is 5.96. The molecule has 4 rings (SSSR count). The summed E-state index contributed by atoms with van der Waals surface area (Å²) >= 11 is 0. The van der Waals surface area contributed by atoms with Crippen LogP contribution in [0.4, 0.5) is 5.69 Å². The summed E-state index contributed by atoms with van der Waals surface area (Å²) in [4.78, 5) is 16.9. The maximum absolute atomic E-state index is 12.6. The molecule has 0 fully saturated rings. The van der Waals surface area contributed by atoms with Gasteiger partial charge in [0.2, 0.25) is 6.10 Å². The Labute approximate surface area is 139 Å². The van der Waals surface area contributed by atoms with Crippen LogP contribution >= 0.6 is 0 Å². The molecule has 120 valence electrons. The predicted octanol–water partition coefficient (Wildman–Crippen LogP) is 3.40. The third-order valence-corrected chi connectivity index (χ3v) is 3.96. The van der Waals surface area contributed by atoms with E-state index in [0.29, 0.717) is 17.2 Å². The number of anilines is 1. The van der Waals surface area contributed by atoms with Crippen LogP contribution in [0.25, 0.3) is 10.9 Å². The van der Waals surface area contributed by atoms with Crippen LogP contribution < -0.4 is 14.8 Å². The molecule has 0 radical (unpaired) electrons. The number of aromatic nitrogens is 1. The third-order valence-electron chi connectivity index (χ3n) is 3.96. The minimum atomic E-state index is -0.716. The normalized spacial score (nSPS) is 19.0. The molecule has 1 amide bonds. The van der Waals surface area contributed by atoms with Crippen LogP contribution in [0, 0.1) is 0 Å². The quantitative estimate of drug-likeness (QED) is 0.786. The molecule has 5 nitrogen and oxygen atoms in total. The van der Waals surface area contributed by atoms with E-state index in [1.165, 1.54) is 0 Å². The van der Waals surface area contributed by atoms with Gasteiger partial charge in [0.05, 0.1) is 17.4 Å². The first kappa shape index (κ1) is 14.5. The molecule has 24 heavy (non-hydrogen) atoms. The maximum atomic E-state index is 12.6. The van der Waals surface area contributed by atoms with Gasteiger partial charge in [0, 0.05) is 5.39 Å². The zero-order valence-electron chi connectivity index (χ0n) is 13.1. The number of para-hydroxylation sites is 3. The molecular weight excluding hydrogens is 304 g/mol. The number of carbonyl (C=O) groups is 1. The van der Waals surface area contributed by atoms with E-state index in [1.807, 2.05) is 55.5 Å². The molecule has 3 aromatic rings. The molecule has 1 aliphatic rings. The van der Waals surface area contributed by atoms with E-state index < -0.39 is 6.10 Å². The van der Waals surface area contributed by atoms with Crippen LogP contribution in [-0.2, 0) is 4.79 Å². The van der Waals surface area contributed by atoms with E-state index >= 15 is 0 Å². The molecule has 5 heteroatoms. The Morgan fingerprint density at radius 3 is 2.58 bits per heavy atom.